The van der Waals surface area contributed by atoms with E-state index in [2.05, 4.69) is 9.97 Å². The van der Waals surface area contributed by atoms with Gasteiger partial charge in [0.1, 0.15) is 11.3 Å². The van der Waals surface area contributed by atoms with Crippen LogP contribution in [0.15, 0.2) is 14.4 Å². The van der Waals surface area contributed by atoms with Gasteiger partial charge in [0, 0.05) is 19.5 Å². The van der Waals surface area contributed by atoms with Crippen molar-refractivity contribution in [2.24, 2.45) is 14.1 Å². The Hall–Kier alpha value is -2.18. The lowest BCUT2D eigenvalue weighted by Crippen LogP contribution is -2.39. The molecule has 0 atom stereocenters. The molecular weight excluding hydrogens is 248 g/mol. The summed E-state index contributed by atoms with van der Waals surface area (Å²) in [7, 11) is 2.87. The standard InChI is InChI=1S/C12H16N4O3/c1-12(2,3)7-9(17)14-8-6(13-7)10(18)16(5)11(19)15(8)4/h1-5H3,(H,14,17). The maximum absolute atomic E-state index is 12.1. The largest absolute Gasteiger partial charge is 0.332 e. The van der Waals surface area contributed by atoms with Crippen LogP contribution in [-0.2, 0) is 19.5 Å². The molecule has 2 heterocycles. The van der Waals surface area contributed by atoms with Crippen molar-refractivity contribution in [1.82, 2.24) is 19.1 Å². The average Bonchev–Trinajstić information content (AvgIpc) is 2.31. The first-order chi connectivity index (χ1) is 8.64. The Morgan fingerprint density at radius 1 is 1.05 bits per heavy atom. The number of fused-ring (bicyclic) bond motifs is 1. The van der Waals surface area contributed by atoms with Gasteiger partial charge in [0.25, 0.3) is 11.1 Å². The normalized spacial score (nSPS) is 12.1. The topological polar surface area (TPSA) is 89.8 Å². The minimum absolute atomic E-state index is 0.0918. The fourth-order valence-electron chi connectivity index (χ4n) is 1.91. The van der Waals surface area contributed by atoms with E-state index >= 15 is 0 Å². The van der Waals surface area contributed by atoms with Gasteiger partial charge in [0.15, 0.2) is 5.52 Å². The monoisotopic (exact) mass is 264 g/mol. The van der Waals surface area contributed by atoms with Gasteiger partial charge < -0.3 is 4.98 Å². The molecule has 0 unspecified atom stereocenters. The summed E-state index contributed by atoms with van der Waals surface area (Å²) in [5.74, 6) is 0. The highest BCUT2D eigenvalue weighted by molar-refractivity contribution is 5.68. The third-order valence-electron chi connectivity index (χ3n) is 3.02. The first-order valence-corrected chi connectivity index (χ1v) is 5.85. The summed E-state index contributed by atoms with van der Waals surface area (Å²) in [5, 5.41) is 0. The predicted molar refractivity (Wildman–Crippen MR) is 71.5 cm³/mol. The van der Waals surface area contributed by atoms with Crippen LogP contribution in [0.5, 0.6) is 0 Å². The summed E-state index contributed by atoms with van der Waals surface area (Å²) < 4.78 is 2.18. The molecule has 0 spiro atoms. The Balaban J connectivity index is 3.09. The van der Waals surface area contributed by atoms with Gasteiger partial charge >= 0.3 is 5.69 Å². The number of nitrogens with zero attached hydrogens (tertiary/aromatic N) is 3. The molecule has 0 amide bonds. The average molecular weight is 264 g/mol. The quantitative estimate of drug-likeness (QED) is 0.702. The van der Waals surface area contributed by atoms with E-state index < -0.39 is 16.7 Å². The van der Waals surface area contributed by atoms with E-state index in [0.29, 0.717) is 0 Å². The Kier molecular flexibility index (Phi) is 2.73. The lowest BCUT2D eigenvalue weighted by Gasteiger charge is -2.17. The van der Waals surface area contributed by atoms with Crippen molar-refractivity contribution in [1.29, 1.82) is 0 Å². The molecule has 19 heavy (non-hydrogen) atoms. The zero-order chi connectivity index (χ0) is 14.5. The van der Waals surface area contributed by atoms with Crippen LogP contribution >= 0.6 is 0 Å². The molecule has 0 radical (unpaired) electrons. The van der Waals surface area contributed by atoms with E-state index in [4.69, 9.17) is 0 Å². The number of H-pyrrole nitrogens is 1. The summed E-state index contributed by atoms with van der Waals surface area (Å²) in [6, 6.07) is 0. The third-order valence-corrected chi connectivity index (χ3v) is 3.02. The van der Waals surface area contributed by atoms with Crippen molar-refractivity contribution in [3.63, 3.8) is 0 Å². The van der Waals surface area contributed by atoms with Crippen molar-refractivity contribution in [3.05, 3.63) is 36.9 Å². The summed E-state index contributed by atoms with van der Waals surface area (Å²) in [5.41, 5.74) is -1.38. The molecule has 1 N–H and O–H groups in total. The lowest BCUT2D eigenvalue weighted by atomic mass is 9.92. The minimum Gasteiger partial charge on any atom is -0.305 e. The van der Waals surface area contributed by atoms with Gasteiger partial charge in [-0.1, -0.05) is 20.8 Å². The van der Waals surface area contributed by atoms with Crippen LogP contribution in [0, 0.1) is 0 Å². The van der Waals surface area contributed by atoms with E-state index in [1.54, 1.807) is 0 Å². The lowest BCUT2D eigenvalue weighted by molar-refractivity contribution is 0.560. The summed E-state index contributed by atoms with van der Waals surface area (Å²) in [4.78, 5) is 42.6. The molecule has 0 aliphatic rings. The maximum atomic E-state index is 12.1. The zero-order valence-corrected chi connectivity index (χ0v) is 11.6. The van der Waals surface area contributed by atoms with E-state index in [-0.39, 0.29) is 22.4 Å². The van der Waals surface area contributed by atoms with Crippen LogP contribution in [0.3, 0.4) is 0 Å². The number of nitrogens with one attached hydrogen (secondary N) is 1. The number of hydrogen-bond donors (Lipinski definition) is 1. The molecule has 2 aromatic heterocycles. The van der Waals surface area contributed by atoms with Gasteiger partial charge in [-0.2, -0.15) is 0 Å². The summed E-state index contributed by atoms with van der Waals surface area (Å²) in [6.45, 7) is 5.51. The molecule has 0 saturated carbocycles. The Morgan fingerprint density at radius 3 is 2.16 bits per heavy atom. The van der Waals surface area contributed by atoms with Crippen molar-refractivity contribution < 1.29 is 0 Å². The van der Waals surface area contributed by atoms with Gasteiger partial charge in [-0.15, -0.1) is 0 Å². The van der Waals surface area contributed by atoms with Crippen molar-refractivity contribution >= 4 is 11.2 Å². The fraction of sp³-hybridized carbons (Fsp3) is 0.500. The molecule has 7 nitrogen and oxygen atoms in total. The fourth-order valence-corrected chi connectivity index (χ4v) is 1.91. The van der Waals surface area contributed by atoms with Gasteiger partial charge in [-0.25, -0.2) is 9.78 Å². The molecule has 0 bridgehead atoms. The second-order valence-electron chi connectivity index (χ2n) is 5.57. The summed E-state index contributed by atoms with van der Waals surface area (Å²) in [6.07, 6.45) is 0. The Morgan fingerprint density at radius 2 is 1.63 bits per heavy atom. The van der Waals surface area contributed by atoms with E-state index in [9.17, 15) is 14.4 Å². The van der Waals surface area contributed by atoms with E-state index in [0.717, 1.165) is 4.57 Å². The highest BCUT2D eigenvalue weighted by atomic mass is 16.2. The van der Waals surface area contributed by atoms with Crippen LogP contribution in [0.4, 0.5) is 0 Å². The first kappa shape index (κ1) is 13.3. The molecule has 7 heteroatoms. The predicted octanol–water partition coefficient (Wildman–Crippen LogP) is -0.382. The molecule has 0 saturated heterocycles. The van der Waals surface area contributed by atoms with Gasteiger partial charge in [-0.3, -0.25) is 18.7 Å². The molecular formula is C12H16N4O3. The minimum atomic E-state index is -0.514. The molecule has 0 aliphatic carbocycles. The highest BCUT2D eigenvalue weighted by Crippen LogP contribution is 2.16. The second kappa shape index (κ2) is 3.91. The SMILES string of the molecule is Cn1c(=O)c2nc(C(C)(C)C)c(=O)[nH]c2n(C)c1=O. The molecule has 0 aromatic carbocycles. The third kappa shape index (κ3) is 1.91. The second-order valence-corrected chi connectivity index (χ2v) is 5.57. The number of aryl methyl sites for hydroxylation is 1. The number of rotatable bonds is 0. The number of aromatic nitrogens is 4. The van der Waals surface area contributed by atoms with Crippen LogP contribution in [0.25, 0.3) is 11.2 Å². The first-order valence-electron chi connectivity index (χ1n) is 5.85. The zero-order valence-electron chi connectivity index (χ0n) is 11.6. The van der Waals surface area contributed by atoms with Crippen LogP contribution in [-0.4, -0.2) is 19.1 Å². The van der Waals surface area contributed by atoms with Gasteiger partial charge in [0.05, 0.1) is 0 Å². The smallest absolute Gasteiger partial charge is 0.305 e. The molecule has 0 aliphatic heterocycles. The van der Waals surface area contributed by atoms with Crippen LogP contribution in [0.2, 0.25) is 0 Å². The van der Waals surface area contributed by atoms with Crippen molar-refractivity contribution in [2.75, 3.05) is 0 Å². The summed E-state index contributed by atoms with van der Waals surface area (Å²) >= 11 is 0. The van der Waals surface area contributed by atoms with E-state index in [1.165, 1.54) is 18.7 Å². The molecule has 2 rings (SSSR count). The molecule has 0 fully saturated rings. The highest BCUT2D eigenvalue weighted by Gasteiger charge is 2.22. The van der Waals surface area contributed by atoms with E-state index in [1.807, 2.05) is 20.8 Å². The molecule has 102 valence electrons. The van der Waals surface area contributed by atoms with Crippen LogP contribution in [0.1, 0.15) is 26.5 Å². The van der Waals surface area contributed by atoms with Crippen molar-refractivity contribution in [3.8, 4) is 0 Å². The number of aromatic amines is 1. The van der Waals surface area contributed by atoms with Crippen molar-refractivity contribution in [2.45, 2.75) is 26.2 Å². The van der Waals surface area contributed by atoms with Gasteiger partial charge in [0.2, 0.25) is 0 Å². The molecule has 2 aromatic rings. The van der Waals surface area contributed by atoms with Crippen LogP contribution < -0.4 is 16.8 Å². The Bertz CT molecular complexity index is 833. The van der Waals surface area contributed by atoms with Gasteiger partial charge in [-0.05, 0) is 0 Å². The maximum Gasteiger partial charge on any atom is 0.332 e. The Labute approximate surface area is 108 Å². The number of hydrogen-bond acceptors (Lipinski definition) is 4.